The average Bonchev–Trinajstić information content (AvgIpc) is 2.49. The molecule has 2 aliphatic rings. The Balaban J connectivity index is 2.10. The van der Waals surface area contributed by atoms with Crippen LogP contribution in [0.5, 0.6) is 11.5 Å². The van der Waals surface area contributed by atoms with Crippen LogP contribution in [0.15, 0.2) is 23.7 Å². The lowest BCUT2D eigenvalue weighted by molar-refractivity contribution is 0.0889. The monoisotopic (exact) mass is 306 g/mol. The minimum Gasteiger partial charge on any atom is -0.507 e. The van der Waals surface area contributed by atoms with E-state index in [-0.39, 0.29) is 11.3 Å². The van der Waals surface area contributed by atoms with E-state index in [1.165, 1.54) is 4.90 Å². The molecule has 0 saturated carbocycles. The molecule has 1 aromatic rings. The van der Waals surface area contributed by atoms with Crippen molar-refractivity contribution < 1.29 is 24.2 Å². The van der Waals surface area contributed by atoms with Gasteiger partial charge in [0.2, 0.25) is 11.6 Å². The van der Waals surface area contributed by atoms with Crippen LogP contribution in [0.4, 0.5) is 4.39 Å². The smallest absolute Gasteiger partial charge is 0.228 e. The maximum Gasteiger partial charge on any atom is 0.228 e. The van der Waals surface area contributed by atoms with Gasteiger partial charge in [-0.1, -0.05) is 0 Å². The summed E-state index contributed by atoms with van der Waals surface area (Å²) < 4.78 is 14.4. The third kappa shape index (κ3) is 2.05. The summed E-state index contributed by atoms with van der Waals surface area (Å²) in [6, 6.07) is 2.18. The van der Waals surface area contributed by atoms with Crippen molar-refractivity contribution in [3.8, 4) is 11.5 Å². The van der Waals surface area contributed by atoms with Crippen LogP contribution in [0.2, 0.25) is 0 Å². The molecule has 0 amide bonds. The fraction of sp³-hybridized carbons (Fsp3) is 0.333. The standard InChI is InChI=1S/C15H15FN2O4/c1-17-4-6-18(7-5-17)13-12(16)14(21)10-8(19)2-3-9(20)11(10)15(13)22/h2-3,19-20H,4-7H2,1H3. The number of aromatic hydroxyl groups is 2. The number of hydrogen-bond acceptors (Lipinski definition) is 6. The molecule has 1 heterocycles. The van der Waals surface area contributed by atoms with Crippen LogP contribution in [0.1, 0.15) is 20.7 Å². The van der Waals surface area contributed by atoms with Crippen molar-refractivity contribution in [2.45, 2.75) is 0 Å². The first kappa shape index (κ1) is 14.5. The number of allylic oxidation sites excluding steroid dienone is 2. The van der Waals surface area contributed by atoms with Crippen molar-refractivity contribution in [2.75, 3.05) is 33.2 Å². The van der Waals surface area contributed by atoms with E-state index < -0.39 is 34.5 Å². The quantitative estimate of drug-likeness (QED) is 0.751. The Morgan fingerprint density at radius 2 is 1.45 bits per heavy atom. The van der Waals surface area contributed by atoms with E-state index in [0.29, 0.717) is 26.2 Å². The predicted octanol–water partition coefficient (Wildman–Crippen LogP) is 0.905. The molecule has 0 bridgehead atoms. The summed E-state index contributed by atoms with van der Waals surface area (Å²) in [5.74, 6) is -3.98. The number of fused-ring (bicyclic) bond motifs is 1. The highest BCUT2D eigenvalue weighted by molar-refractivity contribution is 6.27. The average molecular weight is 306 g/mol. The van der Waals surface area contributed by atoms with Crippen molar-refractivity contribution in [3.63, 3.8) is 0 Å². The number of ketones is 2. The fourth-order valence-electron chi connectivity index (χ4n) is 2.79. The van der Waals surface area contributed by atoms with E-state index in [9.17, 15) is 24.2 Å². The number of phenolic OH excluding ortho intramolecular Hbond substituents is 2. The van der Waals surface area contributed by atoms with Gasteiger partial charge in [0.05, 0.1) is 11.1 Å². The molecule has 3 rings (SSSR count). The zero-order valence-electron chi connectivity index (χ0n) is 12.0. The number of Topliss-reactive ketones (excluding diaryl/α,β-unsaturated/α-hetero) is 2. The number of piperazine rings is 1. The molecule has 22 heavy (non-hydrogen) atoms. The van der Waals surface area contributed by atoms with E-state index in [1.54, 1.807) is 0 Å². The van der Waals surface area contributed by atoms with Crippen LogP contribution >= 0.6 is 0 Å². The molecule has 1 aromatic carbocycles. The third-order valence-corrected chi connectivity index (χ3v) is 4.06. The second-order valence-electron chi connectivity index (χ2n) is 5.46. The maximum absolute atomic E-state index is 14.4. The molecule has 0 spiro atoms. The minimum absolute atomic E-state index is 0.327. The summed E-state index contributed by atoms with van der Waals surface area (Å²) in [5.41, 5.74) is -1.13. The lowest BCUT2D eigenvalue weighted by atomic mass is 9.89. The van der Waals surface area contributed by atoms with Crippen molar-refractivity contribution in [1.29, 1.82) is 0 Å². The molecule has 0 unspecified atom stereocenters. The molecule has 1 saturated heterocycles. The van der Waals surface area contributed by atoms with Gasteiger partial charge in [0.15, 0.2) is 5.83 Å². The highest BCUT2D eigenvalue weighted by Gasteiger charge is 2.39. The molecule has 0 radical (unpaired) electrons. The van der Waals surface area contributed by atoms with Crippen LogP contribution < -0.4 is 0 Å². The normalized spacial score (nSPS) is 19.6. The number of rotatable bonds is 1. The number of nitrogens with zero attached hydrogens (tertiary/aromatic N) is 2. The number of hydrogen-bond donors (Lipinski definition) is 2. The predicted molar refractivity (Wildman–Crippen MR) is 75.6 cm³/mol. The lowest BCUT2D eigenvalue weighted by Gasteiger charge is -2.36. The molecule has 1 fully saturated rings. The molecule has 1 aliphatic heterocycles. The van der Waals surface area contributed by atoms with Gasteiger partial charge in [-0.05, 0) is 19.2 Å². The van der Waals surface area contributed by atoms with Crippen LogP contribution in [-0.2, 0) is 0 Å². The van der Waals surface area contributed by atoms with Crippen molar-refractivity contribution in [1.82, 2.24) is 9.80 Å². The summed E-state index contributed by atoms with van der Waals surface area (Å²) in [7, 11) is 1.91. The summed E-state index contributed by atoms with van der Waals surface area (Å²) in [6.07, 6.45) is 0. The van der Waals surface area contributed by atoms with Gasteiger partial charge in [-0.3, -0.25) is 9.59 Å². The Morgan fingerprint density at radius 1 is 0.955 bits per heavy atom. The molecule has 116 valence electrons. The molecule has 7 heteroatoms. The number of carbonyl (C=O) groups excluding carboxylic acids is 2. The number of carbonyl (C=O) groups is 2. The SMILES string of the molecule is CN1CCN(C2=C(F)C(=O)c3c(O)ccc(O)c3C2=O)CC1. The van der Waals surface area contributed by atoms with Gasteiger partial charge in [0, 0.05) is 26.2 Å². The minimum atomic E-state index is -1.18. The third-order valence-electron chi connectivity index (χ3n) is 4.06. The second-order valence-corrected chi connectivity index (χ2v) is 5.46. The maximum atomic E-state index is 14.4. The molecular formula is C15H15FN2O4. The van der Waals surface area contributed by atoms with Gasteiger partial charge in [0.25, 0.3) is 0 Å². The van der Waals surface area contributed by atoms with Crippen LogP contribution in [0.25, 0.3) is 0 Å². The van der Waals surface area contributed by atoms with E-state index >= 15 is 0 Å². The van der Waals surface area contributed by atoms with E-state index in [2.05, 4.69) is 0 Å². The highest BCUT2D eigenvalue weighted by atomic mass is 19.1. The van der Waals surface area contributed by atoms with E-state index in [1.807, 2.05) is 11.9 Å². The molecule has 0 atom stereocenters. The molecule has 6 nitrogen and oxygen atoms in total. The van der Waals surface area contributed by atoms with Gasteiger partial charge in [-0.2, -0.15) is 0 Å². The Bertz CT molecular complexity index is 706. The van der Waals surface area contributed by atoms with Gasteiger partial charge >= 0.3 is 0 Å². The molecule has 0 aromatic heterocycles. The first-order chi connectivity index (χ1) is 10.4. The van der Waals surface area contributed by atoms with E-state index in [4.69, 9.17) is 0 Å². The van der Waals surface area contributed by atoms with Crippen LogP contribution in [0, 0.1) is 0 Å². The summed E-state index contributed by atoms with van der Waals surface area (Å²) in [6.45, 7) is 2.09. The fourth-order valence-corrected chi connectivity index (χ4v) is 2.79. The first-order valence-corrected chi connectivity index (χ1v) is 6.89. The Labute approximate surface area is 126 Å². The van der Waals surface area contributed by atoms with Crippen LogP contribution in [0.3, 0.4) is 0 Å². The molecular weight excluding hydrogens is 291 g/mol. The zero-order valence-corrected chi connectivity index (χ0v) is 12.0. The van der Waals surface area contributed by atoms with E-state index in [0.717, 1.165) is 12.1 Å². The number of halogens is 1. The number of likely N-dealkylation sites (N-methyl/N-ethyl adjacent to an activating group) is 1. The van der Waals surface area contributed by atoms with Crippen LogP contribution in [-0.4, -0.2) is 64.8 Å². The van der Waals surface area contributed by atoms with Gasteiger partial charge in [0.1, 0.15) is 17.2 Å². The highest BCUT2D eigenvalue weighted by Crippen LogP contribution is 2.38. The summed E-state index contributed by atoms with van der Waals surface area (Å²) in [4.78, 5) is 28.3. The number of phenols is 2. The summed E-state index contributed by atoms with van der Waals surface area (Å²) in [5, 5.41) is 19.6. The first-order valence-electron chi connectivity index (χ1n) is 6.89. The topological polar surface area (TPSA) is 81.1 Å². The van der Waals surface area contributed by atoms with Crippen molar-refractivity contribution >= 4 is 11.6 Å². The molecule has 2 N–H and O–H groups in total. The van der Waals surface area contributed by atoms with Gasteiger partial charge in [-0.25, -0.2) is 4.39 Å². The van der Waals surface area contributed by atoms with Gasteiger partial charge in [-0.15, -0.1) is 0 Å². The number of benzene rings is 1. The second kappa shape index (κ2) is 5.10. The van der Waals surface area contributed by atoms with Gasteiger partial charge < -0.3 is 20.0 Å². The Kier molecular flexibility index (Phi) is 3.37. The summed E-state index contributed by atoms with van der Waals surface area (Å²) >= 11 is 0. The Morgan fingerprint density at radius 3 is 2.00 bits per heavy atom. The largest absolute Gasteiger partial charge is 0.507 e. The molecule has 1 aliphatic carbocycles. The van der Waals surface area contributed by atoms with Crippen molar-refractivity contribution in [3.05, 3.63) is 34.8 Å². The van der Waals surface area contributed by atoms with Crippen molar-refractivity contribution in [2.24, 2.45) is 0 Å². The lowest BCUT2D eigenvalue weighted by Crippen LogP contribution is -2.46. The Hall–Kier alpha value is -2.41. The zero-order chi connectivity index (χ0) is 16.0.